The van der Waals surface area contributed by atoms with Crippen LogP contribution < -0.4 is 0 Å². The van der Waals surface area contributed by atoms with Crippen molar-refractivity contribution in [3.63, 3.8) is 0 Å². The Morgan fingerprint density at radius 1 is 1.07 bits per heavy atom. The second-order valence-electron chi connectivity index (χ2n) is 2.88. The standard InChI is InChI=1S/C11H5NO2/c12-6-9-7-4-2-1-3-5-8(7)10(13)11(9)14/h1-5H. The zero-order valence-electron chi connectivity index (χ0n) is 7.15. The lowest BCUT2D eigenvalue weighted by molar-refractivity contribution is -0.131. The van der Waals surface area contributed by atoms with E-state index in [9.17, 15) is 9.59 Å². The summed E-state index contributed by atoms with van der Waals surface area (Å²) in [6, 6.07) is 1.76. The second kappa shape index (κ2) is 2.93. The molecule has 66 valence electrons. The molecule has 14 heavy (non-hydrogen) atoms. The highest BCUT2D eigenvalue weighted by Crippen LogP contribution is 2.27. The van der Waals surface area contributed by atoms with Gasteiger partial charge >= 0.3 is 0 Å². The molecule has 0 saturated heterocycles. The van der Waals surface area contributed by atoms with Crippen LogP contribution in [-0.4, -0.2) is 11.6 Å². The number of Topliss-reactive ketones (excluding diaryl/α,β-unsaturated/α-hetero) is 2. The first-order valence-corrected chi connectivity index (χ1v) is 4.04. The van der Waals surface area contributed by atoms with E-state index in [1.165, 1.54) is 0 Å². The maximum atomic E-state index is 11.4. The van der Waals surface area contributed by atoms with Crippen LogP contribution in [0.5, 0.6) is 0 Å². The Morgan fingerprint density at radius 3 is 2.57 bits per heavy atom. The van der Waals surface area contributed by atoms with Crippen molar-refractivity contribution in [1.29, 1.82) is 5.26 Å². The Balaban J connectivity index is 2.71. The van der Waals surface area contributed by atoms with Gasteiger partial charge in [0.05, 0.1) is 0 Å². The van der Waals surface area contributed by atoms with Crippen molar-refractivity contribution in [1.82, 2.24) is 0 Å². The van der Waals surface area contributed by atoms with Gasteiger partial charge in [0.15, 0.2) is 0 Å². The summed E-state index contributed by atoms with van der Waals surface area (Å²) < 4.78 is 0. The number of carbonyl (C=O) groups excluding carboxylic acids is 2. The molecule has 0 aromatic heterocycles. The first kappa shape index (κ1) is 8.39. The minimum absolute atomic E-state index is 0.0544. The third-order valence-corrected chi connectivity index (χ3v) is 2.10. The summed E-state index contributed by atoms with van der Waals surface area (Å²) in [4.78, 5) is 22.7. The van der Waals surface area contributed by atoms with Crippen molar-refractivity contribution in [2.75, 3.05) is 0 Å². The summed E-state index contributed by atoms with van der Waals surface area (Å²) in [6.45, 7) is 0. The first-order chi connectivity index (χ1) is 6.75. The summed E-state index contributed by atoms with van der Waals surface area (Å²) in [6.07, 6.45) is 8.27. The molecule has 3 heteroatoms. The zero-order chi connectivity index (χ0) is 10.1. The lowest BCUT2D eigenvalue weighted by Gasteiger charge is -1.92. The summed E-state index contributed by atoms with van der Waals surface area (Å²) in [5, 5.41) is 8.72. The van der Waals surface area contributed by atoms with Crippen LogP contribution >= 0.6 is 0 Å². The van der Waals surface area contributed by atoms with Crippen LogP contribution in [0.2, 0.25) is 0 Å². The number of hydrogen-bond donors (Lipinski definition) is 0. The zero-order valence-corrected chi connectivity index (χ0v) is 7.15. The van der Waals surface area contributed by atoms with E-state index >= 15 is 0 Å². The topological polar surface area (TPSA) is 57.9 Å². The number of allylic oxidation sites excluding steroid dienone is 8. The highest BCUT2D eigenvalue weighted by Gasteiger charge is 2.34. The molecule has 0 aliphatic heterocycles. The molecule has 0 aromatic rings. The van der Waals surface area contributed by atoms with E-state index in [1.807, 2.05) is 0 Å². The molecule has 2 rings (SSSR count). The third-order valence-electron chi connectivity index (χ3n) is 2.10. The van der Waals surface area contributed by atoms with Crippen molar-refractivity contribution in [2.45, 2.75) is 0 Å². The van der Waals surface area contributed by atoms with Crippen LogP contribution in [0.15, 0.2) is 47.1 Å². The van der Waals surface area contributed by atoms with Gasteiger partial charge in [0.25, 0.3) is 0 Å². The molecule has 0 bridgehead atoms. The van der Waals surface area contributed by atoms with Crippen molar-refractivity contribution in [2.24, 2.45) is 0 Å². The fourth-order valence-corrected chi connectivity index (χ4v) is 1.43. The van der Waals surface area contributed by atoms with Crippen molar-refractivity contribution in [3.8, 4) is 6.07 Å². The Kier molecular flexibility index (Phi) is 1.76. The van der Waals surface area contributed by atoms with E-state index in [0.29, 0.717) is 11.1 Å². The molecule has 0 N–H and O–H groups in total. The van der Waals surface area contributed by atoms with Crippen LogP contribution in [0.4, 0.5) is 0 Å². The molecule has 2 aliphatic rings. The maximum Gasteiger partial charge on any atom is 0.244 e. The molecule has 0 amide bonds. The summed E-state index contributed by atoms with van der Waals surface area (Å²) >= 11 is 0. The second-order valence-corrected chi connectivity index (χ2v) is 2.88. The van der Waals surface area contributed by atoms with E-state index in [1.54, 1.807) is 36.4 Å². The van der Waals surface area contributed by atoms with Gasteiger partial charge in [-0.25, -0.2) is 0 Å². The molecule has 0 heterocycles. The molecule has 0 fully saturated rings. The Bertz CT molecular complexity index is 496. The molecule has 0 aromatic carbocycles. The Hall–Kier alpha value is -2.21. The van der Waals surface area contributed by atoms with Crippen molar-refractivity contribution < 1.29 is 9.59 Å². The molecule has 0 spiro atoms. The van der Waals surface area contributed by atoms with Crippen molar-refractivity contribution in [3.05, 3.63) is 47.1 Å². The van der Waals surface area contributed by atoms with E-state index in [2.05, 4.69) is 0 Å². The predicted octanol–water partition coefficient (Wildman–Crippen LogP) is 1.01. The molecule has 2 aliphatic carbocycles. The van der Waals surface area contributed by atoms with Gasteiger partial charge < -0.3 is 0 Å². The van der Waals surface area contributed by atoms with Crippen molar-refractivity contribution >= 4 is 11.6 Å². The highest BCUT2D eigenvalue weighted by atomic mass is 16.2. The average Bonchev–Trinajstić information content (AvgIpc) is 2.40. The van der Waals surface area contributed by atoms with Gasteiger partial charge in [-0.3, -0.25) is 9.59 Å². The van der Waals surface area contributed by atoms with Gasteiger partial charge in [0, 0.05) is 11.1 Å². The molecular formula is C11H5NO2. The van der Waals surface area contributed by atoms with Crippen LogP contribution in [0, 0.1) is 11.3 Å². The van der Waals surface area contributed by atoms with Gasteiger partial charge in [0.2, 0.25) is 11.6 Å². The maximum absolute atomic E-state index is 11.4. The number of rotatable bonds is 0. The van der Waals surface area contributed by atoms with Crippen LogP contribution in [0.3, 0.4) is 0 Å². The SMILES string of the molecule is N#CC1=C2C=CC=CC=C2C(=O)C1=O. The van der Waals surface area contributed by atoms with E-state index < -0.39 is 11.6 Å². The molecule has 3 nitrogen and oxygen atoms in total. The van der Waals surface area contributed by atoms with Crippen LogP contribution in [0.25, 0.3) is 0 Å². The number of nitriles is 1. The van der Waals surface area contributed by atoms with E-state index in [-0.39, 0.29) is 5.57 Å². The van der Waals surface area contributed by atoms with Gasteiger partial charge in [-0.1, -0.05) is 30.4 Å². The molecule has 0 saturated carbocycles. The molecular weight excluding hydrogens is 178 g/mol. The summed E-state index contributed by atoms with van der Waals surface area (Å²) in [5.41, 5.74) is 0.699. The minimum Gasteiger partial charge on any atom is -0.285 e. The fourth-order valence-electron chi connectivity index (χ4n) is 1.43. The van der Waals surface area contributed by atoms with Gasteiger partial charge in [-0.2, -0.15) is 5.26 Å². The van der Waals surface area contributed by atoms with Crippen LogP contribution in [-0.2, 0) is 9.59 Å². The number of hydrogen-bond acceptors (Lipinski definition) is 3. The number of ketones is 2. The number of nitrogens with zero attached hydrogens (tertiary/aromatic N) is 1. The van der Waals surface area contributed by atoms with E-state index in [0.717, 1.165) is 0 Å². The largest absolute Gasteiger partial charge is 0.285 e. The summed E-state index contributed by atoms with van der Waals surface area (Å²) in [5.74, 6) is -1.29. The number of fused-ring (bicyclic) bond motifs is 1. The minimum atomic E-state index is -0.700. The van der Waals surface area contributed by atoms with Gasteiger partial charge in [-0.15, -0.1) is 0 Å². The van der Waals surface area contributed by atoms with Gasteiger partial charge in [0.1, 0.15) is 11.6 Å². The first-order valence-electron chi connectivity index (χ1n) is 4.04. The Morgan fingerprint density at radius 2 is 1.86 bits per heavy atom. The van der Waals surface area contributed by atoms with Gasteiger partial charge in [-0.05, 0) is 0 Å². The monoisotopic (exact) mass is 183 g/mol. The predicted molar refractivity (Wildman–Crippen MR) is 49.0 cm³/mol. The third kappa shape index (κ3) is 0.979. The molecule has 0 radical (unpaired) electrons. The normalized spacial score (nSPS) is 19.2. The summed E-state index contributed by atoms with van der Waals surface area (Å²) in [7, 11) is 0. The number of carbonyl (C=O) groups is 2. The average molecular weight is 183 g/mol. The van der Waals surface area contributed by atoms with Crippen LogP contribution in [0.1, 0.15) is 0 Å². The molecule has 0 atom stereocenters. The fraction of sp³-hybridized carbons (Fsp3) is 0. The smallest absolute Gasteiger partial charge is 0.244 e. The quantitative estimate of drug-likeness (QED) is 0.526. The molecule has 0 unspecified atom stereocenters. The lowest BCUT2D eigenvalue weighted by Crippen LogP contribution is -2.09. The van der Waals surface area contributed by atoms with E-state index in [4.69, 9.17) is 5.26 Å². The highest BCUT2D eigenvalue weighted by molar-refractivity contribution is 6.54. The Labute approximate surface area is 80.3 Å². The lowest BCUT2D eigenvalue weighted by atomic mass is 10.1.